The van der Waals surface area contributed by atoms with Crippen molar-refractivity contribution < 1.29 is 30.3 Å². The predicted molar refractivity (Wildman–Crippen MR) is 66.7 cm³/mol. The van der Waals surface area contributed by atoms with Crippen LogP contribution in [0.1, 0.15) is 0 Å². The van der Waals surface area contributed by atoms with Gasteiger partial charge in [0.2, 0.25) is 0 Å². The normalized spacial score (nSPS) is 39.1. The topological polar surface area (TPSA) is 110 Å². The molecule has 1 saturated heterocycles. The number of aliphatic hydroxyl groups is 5. The van der Waals surface area contributed by atoms with E-state index >= 15 is 0 Å². The summed E-state index contributed by atoms with van der Waals surface area (Å²) >= 11 is 1.83. The lowest BCUT2D eigenvalue weighted by Crippen LogP contribution is -2.58. The summed E-state index contributed by atoms with van der Waals surface area (Å²) in [6.45, 7) is -0.526. The number of aliphatic hydroxyl groups excluding tert-OH is 5. The molecule has 2 rings (SSSR count). The fourth-order valence-electron chi connectivity index (χ4n) is 1.43. The average molecular weight is 278 g/mol. The van der Waals surface area contributed by atoms with Crippen LogP contribution in [0.15, 0.2) is 23.6 Å². The van der Waals surface area contributed by atoms with E-state index in [2.05, 4.69) is 22.3 Å². The van der Waals surface area contributed by atoms with Crippen LogP contribution in [0, 0.1) is 0 Å². The van der Waals surface area contributed by atoms with Gasteiger partial charge in [-0.1, -0.05) is 18.2 Å². The third-order valence-electron chi connectivity index (χ3n) is 2.48. The maximum Gasteiger partial charge on any atom is 0.184 e. The predicted octanol–water partition coefficient (Wildman–Crippen LogP) is -1.42. The van der Waals surface area contributed by atoms with Crippen LogP contribution >= 0.6 is 11.8 Å². The molecule has 0 spiro atoms. The molecule has 0 aliphatic carbocycles. The first kappa shape index (κ1) is 15.6. The van der Waals surface area contributed by atoms with Crippen molar-refractivity contribution >= 4 is 11.8 Å². The van der Waals surface area contributed by atoms with Gasteiger partial charge in [-0.2, -0.15) is 0 Å². The molecule has 7 heteroatoms. The summed E-state index contributed by atoms with van der Waals surface area (Å²) in [6, 6.07) is 0. The average Bonchev–Trinajstić information content (AvgIpc) is 2.43. The Bertz CT molecular complexity index is 279. The van der Waals surface area contributed by atoms with E-state index in [-0.39, 0.29) is 0 Å². The first-order valence-electron chi connectivity index (χ1n) is 5.49. The second-order valence-electron chi connectivity index (χ2n) is 3.81. The summed E-state index contributed by atoms with van der Waals surface area (Å²) in [5, 5.41) is 46.8. The number of thioether (sulfide) groups is 1. The van der Waals surface area contributed by atoms with Gasteiger partial charge in [-0.25, -0.2) is 0 Å². The smallest absolute Gasteiger partial charge is 0.184 e. The van der Waals surface area contributed by atoms with Gasteiger partial charge in [0.1, 0.15) is 24.4 Å². The Morgan fingerprint density at radius 1 is 1.06 bits per heavy atom. The van der Waals surface area contributed by atoms with Crippen molar-refractivity contribution in [2.75, 3.05) is 12.4 Å². The molecule has 0 bridgehead atoms. The van der Waals surface area contributed by atoms with Crippen LogP contribution in [0.3, 0.4) is 0 Å². The monoisotopic (exact) mass is 278 g/mol. The van der Waals surface area contributed by atoms with E-state index in [4.69, 9.17) is 25.5 Å². The SMILES string of the molecule is C1=CCSC=C1.OC[C@H]1OC(O)[C@H](O)[C@@H](O)[C@H]1O. The minimum absolute atomic E-state index is 0.526. The first-order valence-corrected chi connectivity index (χ1v) is 6.54. The standard InChI is InChI=1S/C6H12O6.C5H6S/c7-1-2-3(8)4(9)5(10)6(11)12-2;1-2-4-6-5-3-1/h2-11H,1H2;1-4H,5H2/t2-,3+,4+,5-,6?;/m1./s1. The van der Waals surface area contributed by atoms with E-state index in [9.17, 15) is 0 Å². The summed E-state index contributed by atoms with van der Waals surface area (Å²) in [5.74, 6) is 1.15. The number of hydrogen-bond donors (Lipinski definition) is 5. The zero-order valence-electron chi connectivity index (χ0n) is 9.66. The molecule has 0 aromatic heterocycles. The van der Waals surface area contributed by atoms with Crippen molar-refractivity contribution in [2.45, 2.75) is 30.7 Å². The largest absolute Gasteiger partial charge is 0.394 e. The van der Waals surface area contributed by atoms with Gasteiger partial charge < -0.3 is 30.3 Å². The molecule has 18 heavy (non-hydrogen) atoms. The summed E-state index contributed by atoms with van der Waals surface area (Å²) in [4.78, 5) is 0. The minimum atomic E-state index is -1.57. The maximum atomic E-state index is 9.12. The number of rotatable bonds is 1. The molecule has 0 aromatic rings. The highest BCUT2D eigenvalue weighted by molar-refractivity contribution is 8.02. The van der Waals surface area contributed by atoms with Crippen LogP contribution in [-0.4, -0.2) is 68.6 Å². The van der Waals surface area contributed by atoms with E-state index in [1.54, 1.807) is 0 Å². The molecule has 5 N–H and O–H groups in total. The van der Waals surface area contributed by atoms with Crippen molar-refractivity contribution in [3.8, 4) is 0 Å². The molecular weight excluding hydrogens is 260 g/mol. The molecule has 6 nitrogen and oxygen atoms in total. The fourth-order valence-corrected chi connectivity index (χ4v) is 1.96. The molecule has 0 saturated carbocycles. The van der Waals surface area contributed by atoms with Gasteiger partial charge in [0.05, 0.1) is 6.61 Å². The van der Waals surface area contributed by atoms with Crippen LogP contribution in [0.2, 0.25) is 0 Å². The van der Waals surface area contributed by atoms with Crippen molar-refractivity contribution in [2.24, 2.45) is 0 Å². The molecule has 5 atom stereocenters. The van der Waals surface area contributed by atoms with Crippen LogP contribution in [0.5, 0.6) is 0 Å². The molecule has 2 heterocycles. The number of allylic oxidation sites excluding steroid dienone is 2. The quantitative estimate of drug-likeness (QED) is 0.400. The Labute approximate surface area is 109 Å². The molecule has 1 unspecified atom stereocenters. The summed E-state index contributed by atoms with van der Waals surface area (Å²) in [5.41, 5.74) is 0. The highest BCUT2D eigenvalue weighted by atomic mass is 32.2. The third kappa shape index (κ3) is 4.36. The molecule has 0 radical (unpaired) electrons. The van der Waals surface area contributed by atoms with Gasteiger partial charge in [-0.3, -0.25) is 0 Å². The van der Waals surface area contributed by atoms with E-state index < -0.39 is 37.3 Å². The second-order valence-corrected chi connectivity index (χ2v) is 4.75. The Hall–Kier alpha value is -0.410. The van der Waals surface area contributed by atoms with E-state index in [0.29, 0.717) is 0 Å². The van der Waals surface area contributed by atoms with Crippen molar-refractivity contribution in [1.29, 1.82) is 0 Å². The molecule has 2 aliphatic rings. The Morgan fingerprint density at radius 3 is 2.17 bits per heavy atom. The highest BCUT2D eigenvalue weighted by Gasteiger charge is 2.42. The van der Waals surface area contributed by atoms with Gasteiger partial charge in [0, 0.05) is 5.75 Å². The van der Waals surface area contributed by atoms with E-state index in [0.717, 1.165) is 5.75 Å². The van der Waals surface area contributed by atoms with E-state index in [1.807, 2.05) is 17.8 Å². The van der Waals surface area contributed by atoms with Crippen LogP contribution < -0.4 is 0 Å². The Morgan fingerprint density at radius 2 is 1.78 bits per heavy atom. The fraction of sp³-hybridized carbons (Fsp3) is 0.636. The van der Waals surface area contributed by atoms with Crippen molar-refractivity contribution in [3.05, 3.63) is 23.6 Å². The van der Waals surface area contributed by atoms with Gasteiger partial charge in [-0.15, -0.1) is 11.8 Å². The minimum Gasteiger partial charge on any atom is -0.394 e. The molecule has 2 aliphatic heterocycles. The number of hydrogen-bond acceptors (Lipinski definition) is 7. The molecule has 0 amide bonds. The van der Waals surface area contributed by atoms with Crippen molar-refractivity contribution in [1.82, 2.24) is 0 Å². The highest BCUT2D eigenvalue weighted by Crippen LogP contribution is 2.18. The zero-order valence-corrected chi connectivity index (χ0v) is 10.5. The molecular formula is C11H18O6S. The maximum absolute atomic E-state index is 9.12. The Kier molecular flexibility index (Phi) is 6.87. The van der Waals surface area contributed by atoms with Crippen molar-refractivity contribution in [3.63, 3.8) is 0 Å². The Balaban J connectivity index is 0.000000225. The first-order chi connectivity index (χ1) is 8.57. The summed E-state index contributed by atoms with van der Waals surface area (Å²) in [7, 11) is 0. The molecule has 1 fully saturated rings. The van der Waals surface area contributed by atoms with Crippen LogP contribution in [-0.2, 0) is 4.74 Å². The van der Waals surface area contributed by atoms with Crippen LogP contribution in [0.25, 0.3) is 0 Å². The lowest BCUT2D eigenvalue weighted by Gasteiger charge is -2.37. The summed E-state index contributed by atoms with van der Waals surface area (Å²) in [6.07, 6.45) is -0.781. The zero-order chi connectivity index (χ0) is 13.5. The van der Waals surface area contributed by atoms with Gasteiger partial charge in [0.25, 0.3) is 0 Å². The third-order valence-corrected chi connectivity index (χ3v) is 3.22. The van der Waals surface area contributed by atoms with E-state index in [1.165, 1.54) is 0 Å². The summed E-state index contributed by atoms with van der Waals surface area (Å²) < 4.78 is 4.58. The van der Waals surface area contributed by atoms with Gasteiger partial charge >= 0.3 is 0 Å². The van der Waals surface area contributed by atoms with Crippen LogP contribution in [0.4, 0.5) is 0 Å². The molecule has 0 aromatic carbocycles. The molecule has 104 valence electrons. The van der Waals surface area contributed by atoms with Gasteiger partial charge in [0.15, 0.2) is 6.29 Å². The lowest BCUT2D eigenvalue weighted by atomic mass is 10.00. The number of ether oxygens (including phenoxy) is 1. The lowest BCUT2D eigenvalue weighted by molar-refractivity contribution is -0.286. The second kappa shape index (κ2) is 7.90. The van der Waals surface area contributed by atoms with Gasteiger partial charge in [-0.05, 0) is 5.41 Å².